The molecule has 7 nitrogen and oxygen atoms in total. The van der Waals surface area contributed by atoms with Crippen LogP contribution in [0.5, 0.6) is 11.5 Å². The van der Waals surface area contributed by atoms with E-state index in [-0.39, 0.29) is 17.3 Å². The van der Waals surface area contributed by atoms with Gasteiger partial charge >= 0.3 is 0 Å². The number of amides is 1. The minimum atomic E-state index is -3.67. The molecule has 0 saturated carbocycles. The molecule has 1 amide bonds. The highest BCUT2D eigenvalue weighted by Gasteiger charge is 2.33. The number of sulfonamides is 1. The standard InChI is InChI=1S/C23H29ClN2O5S/c1-3-30-21-12-7-17(14-22(21)31-4-2)15-25-23(27)18-6-5-13-26(16-18)32(28,29)20-10-8-19(24)9-11-20/h7-12,14,18H,3-6,13,15-16H2,1-2H3,(H,25,27)/t18-/m0/s1. The number of carbonyl (C=O) groups excluding carboxylic acids is 1. The number of carbonyl (C=O) groups is 1. The first-order chi connectivity index (χ1) is 15.3. The minimum absolute atomic E-state index is 0.157. The van der Waals surface area contributed by atoms with Crippen molar-refractivity contribution in [2.45, 2.75) is 38.1 Å². The van der Waals surface area contributed by atoms with Gasteiger partial charge in [0.15, 0.2) is 11.5 Å². The zero-order chi connectivity index (χ0) is 23.1. The van der Waals surface area contributed by atoms with Crippen molar-refractivity contribution >= 4 is 27.5 Å². The van der Waals surface area contributed by atoms with Gasteiger partial charge in [0.25, 0.3) is 0 Å². The second kappa shape index (κ2) is 11.0. The second-order valence-electron chi connectivity index (χ2n) is 7.52. The monoisotopic (exact) mass is 480 g/mol. The molecule has 174 valence electrons. The van der Waals surface area contributed by atoms with Crippen molar-refractivity contribution in [3.8, 4) is 11.5 Å². The summed E-state index contributed by atoms with van der Waals surface area (Å²) in [7, 11) is -3.67. The minimum Gasteiger partial charge on any atom is -0.490 e. The molecule has 1 aliphatic heterocycles. The molecule has 0 radical (unpaired) electrons. The summed E-state index contributed by atoms with van der Waals surface area (Å²) in [5.74, 6) is 0.742. The highest BCUT2D eigenvalue weighted by molar-refractivity contribution is 7.89. The van der Waals surface area contributed by atoms with Gasteiger partial charge in [-0.1, -0.05) is 17.7 Å². The van der Waals surface area contributed by atoms with E-state index < -0.39 is 15.9 Å². The van der Waals surface area contributed by atoms with E-state index in [0.29, 0.717) is 55.7 Å². The normalized spacial score (nSPS) is 17.0. The fourth-order valence-electron chi connectivity index (χ4n) is 3.67. The summed E-state index contributed by atoms with van der Waals surface area (Å²) in [5.41, 5.74) is 0.881. The number of piperidine rings is 1. The van der Waals surface area contributed by atoms with Crippen molar-refractivity contribution in [2.24, 2.45) is 5.92 Å². The summed E-state index contributed by atoms with van der Waals surface area (Å²) in [4.78, 5) is 13.0. The molecule has 0 spiro atoms. The molecular formula is C23H29ClN2O5S. The molecule has 0 unspecified atom stereocenters. The van der Waals surface area contributed by atoms with Gasteiger partial charge in [-0.2, -0.15) is 4.31 Å². The van der Waals surface area contributed by atoms with Crippen LogP contribution in [0.15, 0.2) is 47.4 Å². The van der Waals surface area contributed by atoms with Crippen LogP contribution in [0.1, 0.15) is 32.3 Å². The van der Waals surface area contributed by atoms with Gasteiger partial charge < -0.3 is 14.8 Å². The maximum Gasteiger partial charge on any atom is 0.243 e. The van der Waals surface area contributed by atoms with Gasteiger partial charge in [-0.25, -0.2) is 8.42 Å². The Kier molecular flexibility index (Phi) is 8.39. The first kappa shape index (κ1) is 24.4. The molecule has 1 fully saturated rings. The Morgan fingerprint density at radius 3 is 2.47 bits per heavy atom. The molecule has 1 atom stereocenters. The summed E-state index contributed by atoms with van der Waals surface area (Å²) < 4.78 is 38.5. The van der Waals surface area contributed by atoms with Crippen molar-refractivity contribution in [1.82, 2.24) is 9.62 Å². The quantitative estimate of drug-likeness (QED) is 0.589. The van der Waals surface area contributed by atoms with Crippen LogP contribution in [0.2, 0.25) is 5.02 Å². The molecule has 0 aliphatic carbocycles. The molecule has 1 heterocycles. The van der Waals surface area contributed by atoms with Crippen LogP contribution in [0, 0.1) is 5.92 Å². The summed E-state index contributed by atoms with van der Waals surface area (Å²) >= 11 is 5.87. The molecule has 0 bridgehead atoms. The van der Waals surface area contributed by atoms with Crippen LogP contribution in [-0.2, 0) is 21.4 Å². The van der Waals surface area contributed by atoms with E-state index in [0.717, 1.165) is 5.56 Å². The van der Waals surface area contributed by atoms with Crippen LogP contribution < -0.4 is 14.8 Å². The lowest BCUT2D eigenvalue weighted by Crippen LogP contribution is -2.45. The van der Waals surface area contributed by atoms with Gasteiger partial charge in [-0.15, -0.1) is 0 Å². The maximum atomic E-state index is 13.0. The van der Waals surface area contributed by atoms with Gasteiger partial charge in [0.1, 0.15) is 0 Å². The van der Waals surface area contributed by atoms with Gasteiger partial charge in [-0.05, 0) is 68.7 Å². The largest absolute Gasteiger partial charge is 0.490 e. The van der Waals surface area contributed by atoms with E-state index in [1.807, 2.05) is 32.0 Å². The Bertz CT molecular complexity index is 1030. The van der Waals surface area contributed by atoms with Gasteiger partial charge in [0.05, 0.1) is 24.0 Å². The molecule has 2 aromatic rings. The van der Waals surface area contributed by atoms with Crippen molar-refractivity contribution in [2.75, 3.05) is 26.3 Å². The molecule has 1 aliphatic rings. The summed E-state index contributed by atoms with van der Waals surface area (Å²) in [5, 5.41) is 3.41. The summed E-state index contributed by atoms with van der Waals surface area (Å²) in [6.07, 6.45) is 1.27. The highest BCUT2D eigenvalue weighted by atomic mass is 35.5. The lowest BCUT2D eigenvalue weighted by molar-refractivity contribution is -0.126. The van der Waals surface area contributed by atoms with Crippen molar-refractivity contribution in [1.29, 1.82) is 0 Å². The third-order valence-electron chi connectivity index (χ3n) is 5.28. The Hall–Kier alpha value is -2.29. The lowest BCUT2D eigenvalue weighted by atomic mass is 9.98. The molecule has 1 saturated heterocycles. The Morgan fingerprint density at radius 1 is 1.09 bits per heavy atom. The molecule has 2 aromatic carbocycles. The van der Waals surface area contributed by atoms with Gasteiger partial charge in [-0.3, -0.25) is 4.79 Å². The van der Waals surface area contributed by atoms with E-state index in [2.05, 4.69) is 5.32 Å². The van der Waals surface area contributed by atoms with Crippen LogP contribution >= 0.6 is 11.6 Å². The number of rotatable bonds is 9. The number of hydrogen-bond acceptors (Lipinski definition) is 5. The third kappa shape index (κ3) is 5.94. The average molecular weight is 481 g/mol. The number of halogens is 1. The molecule has 0 aromatic heterocycles. The molecule has 3 rings (SSSR count). The van der Waals surface area contributed by atoms with Gasteiger partial charge in [0.2, 0.25) is 15.9 Å². The SMILES string of the molecule is CCOc1ccc(CNC(=O)[C@H]2CCCN(S(=O)(=O)c3ccc(Cl)cc3)C2)cc1OCC. The van der Waals surface area contributed by atoms with E-state index in [4.69, 9.17) is 21.1 Å². The fraction of sp³-hybridized carbons (Fsp3) is 0.435. The second-order valence-corrected chi connectivity index (χ2v) is 9.90. The van der Waals surface area contributed by atoms with Crippen LogP contribution in [-0.4, -0.2) is 44.9 Å². The maximum absolute atomic E-state index is 13.0. The van der Waals surface area contributed by atoms with E-state index in [1.54, 1.807) is 12.1 Å². The average Bonchev–Trinajstić information content (AvgIpc) is 2.79. The zero-order valence-corrected chi connectivity index (χ0v) is 19.9. The Morgan fingerprint density at radius 2 is 1.78 bits per heavy atom. The fourth-order valence-corrected chi connectivity index (χ4v) is 5.32. The molecule has 32 heavy (non-hydrogen) atoms. The number of ether oxygens (including phenoxy) is 2. The van der Waals surface area contributed by atoms with Crippen molar-refractivity contribution in [3.05, 3.63) is 53.1 Å². The molecule has 1 N–H and O–H groups in total. The van der Waals surface area contributed by atoms with Gasteiger partial charge in [0, 0.05) is 24.7 Å². The topological polar surface area (TPSA) is 84.9 Å². The highest BCUT2D eigenvalue weighted by Crippen LogP contribution is 2.29. The number of hydrogen-bond donors (Lipinski definition) is 1. The third-order valence-corrected chi connectivity index (χ3v) is 7.41. The van der Waals surface area contributed by atoms with E-state index >= 15 is 0 Å². The van der Waals surface area contributed by atoms with Crippen molar-refractivity contribution in [3.63, 3.8) is 0 Å². The summed E-state index contributed by atoms with van der Waals surface area (Å²) in [6, 6.07) is 11.6. The van der Waals surface area contributed by atoms with E-state index in [9.17, 15) is 13.2 Å². The Labute approximate surface area is 194 Å². The Balaban J connectivity index is 1.63. The molecule has 9 heteroatoms. The smallest absolute Gasteiger partial charge is 0.243 e. The lowest BCUT2D eigenvalue weighted by Gasteiger charge is -2.31. The molecular weight excluding hydrogens is 452 g/mol. The number of benzene rings is 2. The van der Waals surface area contributed by atoms with Crippen LogP contribution in [0.4, 0.5) is 0 Å². The van der Waals surface area contributed by atoms with Crippen LogP contribution in [0.3, 0.4) is 0 Å². The first-order valence-electron chi connectivity index (χ1n) is 10.8. The van der Waals surface area contributed by atoms with E-state index in [1.165, 1.54) is 16.4 Å². The number of nitrogens with zero attached hydrogens (tertiary/aromatic N) is 1. The predicted octanol–water partition coefficient (Wildman–Crippen LogP) is 3.85. The predicted molar refractivity (Wildman–Crippen MR) is 124 cm³/mol. The zero-order valence-electron chi connectivity index (χ0n) is 18.3. The number of nitrogens with one attached hydrogen (secondary N) is 1. The van der Waals surface area contributed by atoms with Crippen molar-refractivity contribution < 1.29 is 22.7 Å². The first-order valence-corrected chi connectivity index (χ1v) is 12.6. The summed E-state index contributed by atoms with van der Waals surface area (Å²) in [6.45, 7) is 5.73. The van der Waals surface area contributed by atoms with Crippen LogP contribution in [0.25, 0.3) is 0 Å².